The van der Waals surface area contributed by atoms with Gasteiger partial charge in [0.05, 0.1) is 31.1 Å². The molecule has 0 aliphatic carbocycles. The molecule has 0 saturated carbocycles. The molecule has 1 aliphatic rings. The lowest BCUT2D eigenvalue weighted by Gasteiger charge is -2.09. The topological polar surface area (TPSA) is 193 Å². The number of nitrogens with zero attached hydrogens (tertiary/aromatic N) is 2. The highest BCUT2D eigenvalue weighted by Crippen LogP contribution is 2.23. The average molecular weight is 552 g/mol. The van der Waals surface area contributed by atoms with E-state index >= 15 is 0 Å². The molecule has 212 valence electrons. The van der Waals surface area contributed by atoms with Crippen molar-refractivity contribution in [3.8, 4) is 0 Å². The molecule has 1 fully saturated rings. The number of esters is 1. The zero-order valence-corrected chi connectivity index (χ0v) is 22.1. The molecule has 0 aromatic heterocycles. The van der Waals surface area contributed by atoms with E-state index in [-0.39, 0.29) is 49.8 Å². The SMILES string of the molecule is CCOC(=O)[C@@H]1C[C@@H](CCCC(=O)NCC(=O)Nc2ccc(/N=N/c3ccc(NC(=O)CN)cc3)cc2)C(=O)N1. The first-order valence-electron chi connectivity index (χ1n) is 12.9. The number of hydrogen-bond acceptors (Lipinski definition) is 9. The average Bonchev–Trinajstić information content (AvgIpc) is 3.32. The summed E-state index contributed by atoms with van der Waals surface area (Å²) < 4.78 is 4.93. The molecule has 0 unspecified atom stereocenters. The number of benzene rings is 2. The summed E-state index contributed by atoms with van der Waals surface area (Å²) in [5.74, 6) is -1.99. The van der Waals surface area contributed by atoms with Gasteiger partial charge in [-0.1, -0.05) is 0 Å². The Kier molecular flexibility index (Phi) is 11.3. The largest absolute Gasteiger partial charge is 0.464 e. The van der Waals surface area contributed by atoms with E-state index in [1.165, 1.54) is 0 Å². The monoisotopic (exact) mass is 551 g/mol. The van der Waals surface area contributed by atoms with Gasteiger partial charge in [0.2, 0.25) is 23.6 Å². The number of hydrogen-bond donors (Lipinski definition) is 5. The van der Waals surface area contributed by atoms with E-state index in [0.717, 1.165) is 0 Å². The quantitative estimate of drug-likeness (QED) is 0.186. The Labute approximate surface area is 231 Å². The maximum atomic E-state index is 12.2. The van der Waals surface area contributed by atoms with Crippen molar-refractivity contribution in [3.05, 3.63) is 48.5 Å². The van der Waals surface area contributed by atoms with Gasteiger partial charge in [-0.25, -0.2) is 4.79 Å². The Balaban J connectivity index is 1.35. The zero-order chi connectivity index (χ0) is 28.9. The maximum absolute atomic E-state index is 12.2. The van der Waals surface area contributed by atoms with Crippen LogP contribution in [0.5, 0.6) is 0 Å². The molecule has 0 spiro atoms. The molecule has 0 radical (unpaired) electrons. The number of ether oxygens (including phenoxy) is 1. The van der Waals surface area contributed by atoms with E-state index in [1.807, 2.05) is 0 Å². The van der Waals surface area contributed by atoms with Gasteiger partial charge in [0.25, 0.3) is 0 Å². The summed E-state index contributed by atoms with van der Waals surface area (Å²) in [5.41, 5.74) is 7.56. The van der Waals surface area contributed by atoms with E-state index in [4.69, 9.17) is 10.5 Å². The van der Waals surface area contributed by atoms with Gasteiger partial charge in [0, 0.05) is 23.7 Å². The van der Waals surface area contributed by atoms with Crippen LogP contribution in [0.4, 0.5) is 22.7 Å². The van der Waals surface area contributed by atoms with E-state index < -0.39 is 17.9 Å². The Hall–Kier alpha value is -4.65. The van der Waals surface area contributed by atoms with Crippen LogP contribution in [-0.2, 0) is 28.7 Å². The molecule has 13 heteroatoms. The number of anilines is 2. The van der Waals surface area contributed by atoms with E-state index in [1.54, 1.807) is 55.5 Å². The van der Waals surface area contributed by atoms with Gasteiger partial charge in [-0.3, -0.25) is 19.2 Å². The Morgan fingerprint density at radius 1 is 0.925 bits per heavy atom. The third-order valence-electron chi connectivity index (χ3n) is 5.95. The van der Waals surface area contributed by atoms with Crippen molar-refractivity contribution in [2.24, 2.45) is 21.9 Å². The molecule has 1 heterocycles. The second kappa shape index (κ2) is 15.1. The molecule has 2 aromatic carbocycles. The molecule has 2 aromatic rings. The molecule has 0 bridgehead atoms. The van der Waals surface area contributed by atoms with E-state index in [0.29, 0.717) is 42.0 Å². The van der Waals surface area contributed by atoms with E-state index in [2.05, 4.69) is 31.5 Å². The second-order valence-corrected chi connectivity index (χ2v) is 9.01. The lowest BCUT2D eigenvalue weighted by Crippen LogP contribution is -2.34. The fourth-order valence-corrected chi connectivity index (χ4v) is 3.92. The maximum Gasteiger partial charge on any atom is 0.328 e. The first kappa shape index (κ1) is 29.9. The summed E-state index contributed by atoms with van der Waals surface area (Å²) in [5, 5.41) is 18.8. The van der Waals surface area contributed by atoms with Crippen LogP contribution in [-0.4, -0.2) is 55.3 Å². The Morgan fingerprint density at radius 3 is 2.05 bits per heavy atom. The van der Waals surface area contributed by atoms with Crippen LogP contribution in [0.25, 0.3) is 0 Å². The summed E-state index contributed by atoms with van der Waals surface area (Å²) >= 11 is 0. The number of azo groups is 1. The molecular weight excluding hydrogens is 518 g/mol. The van der Waals surface area contributed by atoms with Crippen LogP contribution >= 0.6 is 0 Å². The molecule has 40 heavy (non-hydrogen) atoms. The van der Waals surface area contributed by atoms with Crippen molar-refractivity contribution in [2.45, 2.75) is 38.6 Å². The lowest BCUT2D eigenvalue weighted by atomic mass is 9.98. The minimum Gasteiger partial charge on any atom is -0.464 e. The number of carbonyl (C=O) groups excluding carboxylic acids is 5. The predicted octanol–water partition coefficient (Wildman–Crippen LogP) is 2.29. The van der Waals surface area contributed by atoms with Crippen molar-refractivity contribution in [3.63, 3.8) is 0 Å². The third kappa shape index (κ3) is 9.58. The molecule has 6 N–H and O–H groups in total. The first-order chi connectivity index (χ1) is 19.3. The molecule has 13 nitrogen and oxygen atoms in total. The third-order valence-corrected chi connectivity index (χ3v) is 5.95. The molecule has 1 aliphatic heterocycles. The van der Waals surface area contributed by atoms with Crippen LogP contribution in [0.3, 0.4) is 0 Å². The summed E-state index contributed by atoms with van der Waals surface area (Å²) in [6.45, 7) is 1.65. The van der Waals surface area contributed by atoms with Crippen LogP contribution in [0.2, 0.25) is 0 Å². The minimum atomic E-state index is -0.636. The van der Waals surface area contributed by atoms with Gasteiger partial charge in [0.15, 0.2) is 0 Å². The zero-order valence-electron chi connectivity index (χ0n) is 22.1. The number of rotatable bonds is 13. The Morgan fingerprint density at radius 2 is 1.50 bits per heavy atom. The van der Waals surface area contributed by atoms with Gasteiger partial charge >= 0.3 is 5.97 Å². The number of nitrogens with one attached hydrogen (secondary N) is 4. The fraction of sp³-hybridized carbons (Fsp3) is 0.370. The predicted molar refractivity (Wildman–Crippen MR) is 147 cm³/mol. The molecule has 4 amide bonds. The van der Waals surface area contributed by atoms with Crippen LogP contribution in [0.1, 0.15) is 32.6 Å². The summed E-state index contributed by atoms with van der Waals surface area (Å²) in [7, 11) is 0. The van der Waals surface area contributed by atoms with Crippen molar-refractivity contribution in [1.82, 2.24) is 10.6 Å². The smallest absolute Gasteiger partial charge is 0.328 e. The molecule has 2 atom stereocenters. The van der Waals surface area contributed by atoms with Gasteiger partial charge in [-0.2, -0.15) is 10.2 Å². The van der Waals surface area contributed by atoms with Crippen LogP contribution in [0.15, 0.2) is 58.8 Å². The summed E-state index contributed by atoms with van der Waals surface area (Å²) in [6.07, 6.45) is 1.42. The Bertz CT molecular complexity index is 1230. The molecule has 1 saturated heterocycles. The standard InChI is InChI=1S/C27H33N7O6/c1-2-40-27(39)22-14-17(26(38)32-22)4-3-5-23(35)29-16-25(37)31-19-8-12-21(13-9-19)34-33-20-10-6-18(7-11-20)30-24(36)15-28/h6-13,17,22H,2-5,14-16,28H2,1H3,(H,29,35)(H,30,36)(H,31,37)(H,32,38)/b34-33+/t17-,22+/m1/s1. The van der Waals surface area contributed by atoms with Gasteiger partial charge < -0.3 is 31.7 Å². The van der Waals surface area contributed by atoms with Crippen molar-refractivity contribution in [2.75, 3.05) is 30.3 Å². The first-order valence-corrected chi connectivity index (χ1v) is 12.9. The summed E-state index contributed by atoms with van der Waals surface area (Å²) in [6, 6.07) is 12.8. The van der Waals surface area contributed by atoms with Crippen molar-refractivity contribution in [1.29, 1.82) is 0 Å². The number of carbonyl (C=O) groups is 5. The fourth-order valence-electron chi connectivity index (χ4n) is 3.92. The normalized spacial score (nSPS) is 16.3. The minimum absolute atomic E-state index is 0.0998. The highest BCUT2D eigenvalue weighted by atomic mass is 16.5. The summed E-state index contributed by atoms with van der Waals surface area (Å²) in [4.78, 5) is 59.5. The molecular formula is C27H33N7O6. The number of nitrogens with two attached hydrogens (primary N) is 1. The van der Waals surface area contributed by atoms with Crippen LogP contribution in [0, 0.1) is 5.92 Å². The number of amides is 4. The highest BCUT2D eigenvalue weighted by molar-refractivity contribution is 5.94. The van der Waals surface area contributed by atoms with Crippen molar-refractivity contribution < 1.29 is 28.7 Å². The second-order valence-electron chi connectivity index (χ2n) is 9.01. The van der Waals surface area contributed by atoms with Gasteiger partial charge in [-0.05, 0) is 74.7 Å². The van der Waals surface area contributed by atoms with E-state index in [9.17, 15) is 24.0 Å². The molecule has 3 rings (SSSR count). The van der Waals surface area contributed by atoms with Crippen LogP contribution < -0.4 is 27.0 Å². The van der Waals surface area contributed by atoms with Gasteiger partial charge in [-0.15, -0.1) is 0 Å². The van der Waals surface area contributed by atoms with Gasteiger partial charge in [0.1, 0.15) is 6.04 Å². The van der Waals surface area contributed by atoms with Crippen molar-refractivity contribution >= 4 is 52.3 Å². The highest BCUT2D eigenvalue weighted by Gasteiger charge is 2.36. The lowest BCUT2D eigenvalue weighted by molar-refractivity contribution is -0.146.